The lowest BCUT2D eigenvalue weighted by Crippen LogP contribution is -2.31. The maximum atomic E-state index is 12.3. The Kier molecular flexibility index (Phi) is 7.61. The molecule has 0 bridgehead atoms. The minimum absolute atomic E-state index is 0.0632. The third-order valence-electron chi connectivity index (χ3n) is 5.31. The molecule has 5 N–H and O–H groups in total. The van der Waals surface area contributed by atoms with Crippen molar-refractivity contribution in [2.75, 3.05) is 24.4 Å². The van der Waals surface area contributed by atoms with Gasteiger partial charge in [0, 0.05) is 41.6 Å². The number of methoxy groups -OCH3 is 1. The summed E-state index contributed by atoms with van der Waals surface area (Å²) in [4.78, 5) is 27.6. The molecule has 0 unspecified atom stereocenters. The second kappa shape index (κ2) is 11.2. The number of nitrogens with two attached hydrogens (primary N) is 1. The maximum Gasteiger partial charge on any atom is 0.320 e. The summed E-state index contributed by atoms with van der Waals surface area (Å²) in [5.74, 6) is -0.367. The fourth-order valence-corrected chi connectivity index (χ4v) is 3.49. The van der Waals surface area contributed by atoms with Gasteiger partial charge in [-0.1, -0.05) is 18.2 Å². The van der Waals surface area contributed by atoms with Crippen LogP contribution in [-0.2, 0) is 16.1 Å². The molecule has 11 heteroatoms. The molecule has 0 aliphatic heterocycles. The van der Waals surface area contributed by atoms with Crippen molar-refractivity contribution in [3.05, 3.63) is 67.1 Å². The second-order valence-corrected chi connectivity index (χ2v) is 7.93. The number of hydrogen-bond donors (Lipinski definition) is 4. The van der Waals surface area contributed by atoms with Crippen molar-refractivity contribution in [3.63, 3.8) is 0 Å². The molecule has 36 heavy (non-hydrogen) atoms. The molecule has 2 aromatic carbocycles. The zero-order chi connectivity index (χ0) is 25.5. The number of ether oxygens (including phenoxy) is 2. The van der Waals surface area contributed by atoms with Crippen LogP contribution in [0.15, 0.2) is 67.1 Å². The summed E-state index contributed by atoms with van der Waals surface area (Å²) in [6, 6.07) is 13.5. The molecule has 11 nitrogen and oxygen atoms in total. The van der Waals surface area contributed by atoms with Crippen LogP contribution in [0.25, 0.3) is 10.9 Å². The van der Waals surface area contributed by atoms with E-state index in [1.165, 1.54) is 7.11 Å². The van der Waals surface area contributed by atoms with Gasteiger partial charge in [-0.3, -0.25) is 19.3 Å². The number of carboxylic acid groups (broad SMARTS) is 1. The summed E-state index contributed by atoms with van der Waals surface area (Å²) in [5, 5.41) is 20.1. The number of aliphatic carboxylic acids is 1. The van der Waals surface area contributed by atoms with E-state index in [9.17, 15) is 9.59 Å². The Balaban J connectivity index is 1.46. The molecule has 1 amide bonds. The number of fused-ring (bicyclic) bond motifs is 1. The number of amides is 1. The van der Waals surface area contributed by atoms with Crippen LogP contribution in [0, 0.1) is 0 Å². The number of carboxylic acids is 1. The van der Waals surface area contributed by atoms with Crippen LogP contribution in [0.5, 0.6) is 11.5 Å². The number of carbonyl (C=O) groups is 2. The van der Waals surface area contributed by atoms with Gasteiger partial charge in [-0.15, -0.1) is 0 Å². The topological polar surface area (TPSA) is 154 Å². The first-order chi connectivity index (χ1) is 17.4. The van der Waals surface area contributed by atoms with Gasteiger partial charge < -0.3 is 30.9 Å². The summed E-state index contributed by atoms with van der Waals surface area (Å²) in [6.45, 7) is 0.179. The lowest BCUT2D eigenvalue weighted by atomic mass is 10.1. The number of anilines is 3. The van der Waals surface area contributed by atoms with Gasteiger partial charge >= 0.3 is 5.97 Å². The standard InChI is InChI=1S/C25H26N6O5/c1-35-22-11-18-20(7-9-27-21(18)12-23(22)36-10-8-19(26)25(33)34)29-17-13-28-31(14-17)15-24(32)30-16-5-3-2-4-6-16/h2-7,9,11-14,19H,8,10,15,26H2,1H3,(H,27,29)(H,30,32)(H,33,34)/t19-/m0/s1. The fraction of sp³-hybridized carbons (Fsp3) is 0.200. The summed E-state index contributed by atoms with van der Waals surface area (Å²) < 4.78 is 12.7. The lowest BCUT2D eigenvalue weighted by molar-refractivity contribution is -0.138. The molecular weight excluding hydrogens is 464 g/mol. The first kappa shape index (κ1) is 24.5. The van der Waals surface area contributed by atoms with Gasteiger partial charge in [-0.2, -0.15) is 5.10 Å². The average Bonchev–Trinajstić information content (AvgIpc) is 3.30. The number of para-hydroxylation sites is 1. The van der Waals surface area contributed by atoms with E-state index >= 15 is 0 Å². The normalized spacial score (nSPS) is 11.6. The number of benzene rings is 2. The van der Waals surface area contributed by atoms with Crippen LogP contribution in [0.1, 0.15) is 6.42 Å². The van der Waals surface area contributed by atoms with Crippen LogP contribution < -0.4 is 25.8 Å². The quantitative estimate of drug-likeness (QED) is 0.248. The summed E-state index contributed by atoms with van der Waals surface area (Å²) in [7, 11) is 1.52. The molecule has 2 heterocycles. The number of carbonyl (C=O) groups excluding carboxylic acids is 1. The molecule has 0 radical (unpaired) electrons. The molecule has 0 fully saturated rings. The van der Waals surface area contributed by atoms with Crippen molar-refractivity contribution in [1.82, 2.24) is 14.8 Å². The Morgan fingerprint density at radius 3 is 2.69 bits per heavy atom. The van der Waals surface area contributed by atoms with E-state index in [0.717, 1.165) is 16.8 Å². The molecule has 0 spiro atoms. The van der Waals surface area contributed by atoms with Crippen LogP contribution in [0.3, 0.4) is 0 Å². The fourth-order valence-electron chi connectivity index (χ4n) is 3.49. The first-order valence-electron chi connectivity index (χ1n) is 11.2. The number of rotatable bonds is 11. The van der Waals surface area contributed by atoms with Crippen molar-refractivity contribution in [1.29, 1.82) is 0 Å². The minimum Gasteiger partial charge on any atom is -0.493 e. The third-order valence-corrected chi connectivity index (χ3v) is 5.31. The largest absolute Gasteiger partial charge is 0.493 e. The van der Waals surface area contributed by atoms with Gasteiger partial charge in [0.25, 0.3) is 0 Å². The van der Waals surface area contributed by atoms with Crippen LogP contribution in [-0.4, -0.2) is 51.5 Å². The van der Waals surface area contributed by atoms with Gasteiger partial charge in [0.15, 0.2) is 11.5 Å². The number of pyridine rings is 1. The molecular formula is C25H26N6O5. The summed E-state index contributed by atoms with van der Waals surface area (Å²) >= 11 is 0. The van der Waals surface area contributed by atoms with Crippen LogP contribution in [0.4, 0.5) is 17.1 Å². The van der Waals surface area contributed by atoms with Gasteiger partial charge in [-0.05, 0) is 24.3 Å². The molecule has 4 rings (SSSR count). The molecule has 0 saturated heterocycles. The molecule has 4 aromatic rings. The SMILES string of the molecule is COc1cc2c(Nc3cnn(CC(=O)Nc4ccccc4)c3)ccnc2cc1OCC[C@H](N)C(=O)O. The zero-order valence-electron chi connectivity index (χ0n) is 19.5. The predicted octanol–water partition coefficient (Wildman–Crippen LogP) is 3.00. The van der Waals surface area contributed by atoms with E-state index in [2.05, 4.69) is 20.7 Å². The summed E-state index contributed by atoms with van der Waals surface area (Å²) in [5.41, 5.74) is 8.35. The molecule has 1 atom stereocenters. The Hall–Kier alpha value is -4.64. The van der Waals surface area contributed by atoms with Gasteiger partial charge in [-0.25, -0.2) is 0 Å². The van der Waals surface area contributed by atoms with E-state index in [0.29, 0.717) is 22.7 Å². The van der Waals surface area contributed by atoms with E-state index in [1.54, 1.807) is 35.4 Å². The Morgan fingerprint density at radius 1 is 1.14 bits per heavy atom. The Bertz CT molecular complexity index is 1360. The average molecular weight is 491 g/mol. The first-order valence-corrected chi connectivity index (χ1v) is 11.2. The highest BCUT2D eigenvalue weighted by atomic mass is 16.5. The van der Waals surface area contributed by atoms with Crippen molar-refractivity contribution in [3.8, 4) is 11.5 Å². The number of nitrogens with one attached hydrogen (secondary N) is 2. The van der Waals surface area contributed by atoms with Gasteiger partial charge in [0.2, 0.25) is 5.91 Å². The van der Waals surface area contributed by atoms with Gasteiger partial charge in [0.1, 0.15) is 12.6 Å². The van der Waals surface area contributed by atoms with Crippen LogP contribution >= 0.6 is 0 Å². The van der Waals surface area contributed by atoms with Crippen LogP contribution in [0.2, 0.25) is 0 Å². The van der Waals surface area contributed by atoms with Crippen molar-refractivity contribution in [2.45, 2.75) is 19.0 Å². The predicted molar refractivity (Wildman–Crippen MR) is 135 cm³/mol. The lowest BCUT2D eigenvalue weighted by Gasteiger charge is -2.14. The second-order valence-electron chi connectivity index (χ2n) is 7.93. The molecule has 2 aromatic heterocycles. The highest BCUT2D eigenvalue weighted by Gasteiger charge is 2.15. The van der Waals surface area contributed by atoms with E-state index in [4.69, 9.17) is 20.3 Å². The zero-order valence-corrected chi connectivity index (χ0v) is 19.5. The summed E-state index contributed by atoms with van der Waals surface area (Å²) in [6.07, 6.45) is 5.16. The smallest absolute Gasteiger partial charge is 0.320 e. The Labute approximate surface area is 206 Å². The monoisotopic (exact) mass is 490 g/mol. The van der Waals surface area contributed by atoms with Crippen molar-refractivity contribution < 1.29 is 24.2 Å². The van der Waals surface area contributed by atoms with E-state index in [1.807, 2.05) is 36.4 Å². The van der Waals surface area contributed by atoms with E-state index in [-0.39, 0.29) is 25.5 Å². The molecule has 0 aliphatic rings. The molecule has 186 valence electrons. The number of nitrogens with zero attached hydrogens (tertiary/aromatic N) is 3. The minimum atomic E-state index is -1.08. The molecule has 0 aliphatic carbocycles. The van der Waals surface area contributed by atoms with E-state index < -0.39 is 12.0 Å². The third kappa shape index (κ3) is 6.07. The highest BCUT2D eigenvalue weighted by Crippen LogP contribution is 2.35. The van der Waals surface area contributed by atoms with Gasteiger partial charge in [0.05, 0.1) is 31.1 Å². The highest BCUT2D eigenvalue weighted by molar-refractivity contribution is 5.95. The molecule has 0 saturated carbocycles. The van der Waals surface area contributed by atoms with Crippen molar-refractivity contribution >= 4 is 39.8 Å². The number of aromatic nitrogens is 3. The number of hydrogen-bond acceptors (Lipinski definition) is 8. The Morgan fingerprint density at radius 2 is 1.94 bits per heavy atom. The maximum absolute atomic E-state index is 12.3. The van der Waals surface area contributed by atoms with Crippen molar-refractivity contribution in [2.24, 2.45) is 5.73 Å².